The van der Waals surface area contributed by atoms with Crippen LogP contribution in [-0.2, 0) is 6.18 Å². The van der Waals surface area contributed by atoms with Gasteiger partial charge in [0.15, 0.2) is 0 Å². The largest absolute Gasteiger partial charge is 0.419 e. The second kappa shape index (κ2) is 5.25. The number of rotatable bonds is 2. The summed E-state index contributed by atoms with van der Waals surface area (Å²) >= 11 is 0. The third-order valence-corrected chi connectivity index (χ3v) is 3.06. The van der Waals surface area contributed by atoms with E-state index in [1.54, 1.807) is 12.1 Å². The summed E-state index contributed by atoms with van der Waals surface area (Å²) in [5.41, 5.74) is 6.70. The molecule has 0 amide bonds. The van der Waals surface area contributed by atoms with E-state index in [4.69, 9.17) is 5.73 Å². The van der Waals surface area contributed by atoms with Gasteiger partial charge in [-0.25, -0.2) is 4.39 Å². The van der Waals surface area contributed by atoms with Crippen LogP contribution in [0.1, 0.15) is 28.3 Å². The third-order valence-electron chi connectivity index (χ3n) is 3.06. The lowest BCUT2D eigenvalue weighted by Gasteiger charge is -2.15. The Hall–Kier alpha value is -1.88. The molecule has 2 rings (SSSR count). The van der Waals surface area contributed by atoms with Gasteiger partial charge in [-0.2, -0.15) is 13.2 Å². The van der Waals surface area contributed by atoms with Crippen molar-refractivity contribution in [1.82, 2.24) is 0 Å². The monoisotopic (exact) mass is 283 g/mol. The molecule has 5 heteroatoms. The van der Waals surface area contributed by atoms with Crippen LogP contribution in [0.4, 0.5) is 17.6 Å². The molecule has 0 aliphatic rings. The molecule has 0 aliphatic heterocycles. The second-order valence-electron chi connectivity index (χ2n) is 4.63. The normalized spacial score (nSPS) is 13.3. The van der Waals surface area contributed by atoms with Crippen LogP contribution in [0.5, 0.6) is 0 Å². The van der Waals surface area contributed by atoms with E-state index in [1.807, 2.05) is 19.1 Å². The molecule has 0 heterocycles. The highest BCUT2D eigenvalue weighted by molar-refractivity contribution is 5.36. The molecule has 0 bridgehead atoms. The molecule has 1 atom stereocenters. The Labute approximate surface area is 114 Å². The number of hydrogen-bond acceptors (Lipinski definition) is 1. The fourth-order valence-corrected chi connectivity index (χ4v) is 2.01. The van der Waals surface area contributed by atoms with Gasteiger partial charge in [0.1, 0.15) is 5.82 Å². The third kappa shape index (κ3) is 2.99. The predicted octanol–water partition coefficient (Wildman–Crippen LogP) is 4.20. The first-order valence-electron chi connectivity index (χ1n) is 5.98. The van der Waals surface area contributed by atoms with E-state index in [-0.39, 0.29) is 0 Å². The van der Waals surface area contributed by atoms with Gasteiger partial charge in [-0.05, 0) is 30.2 Å². The van der Waals surface area contributed by atoms with Crippen molar-refractivity contribution in [2.24, 2.45) is 5.73 Å². The van der Waals surface area contributed by atoms with Crippen molar-refractivity contribution in [3.8, 4) is 0 Å². The van der Waals surface area contributed by atoms with Crippen LogP contribution >= 0.6 is 0 Å². The maximum atomic E-state index is 13.5. The zero-order valence-electron chi connectivity index (χ0n) is 10.7. The molecule has 0 spiro atoms. The summed E-state index contributed by atoms with van der Waals surface area (Å²) in [6, 6.07) is 9.36. The summed E-state index contributed by atoms with van der Waals surface area (Å²) < 4.78 is 51.0. The molecule has 1 nitrogen and oxygen atoms in total. The van der Waals surface area contributed by atoms with Crippen molar-refractivity contribution >= 4 is 0 Å². The summed E-state index contributed by atoms with van der Waals surface area (Å²) in [7, 11) is 0. The molecule has 0 radical (unpaired) electrons. The minimum atomic E-state index is -4.70. The Morgan fingerprint density at radius 1 is 1.00 bits per heavy atom. The van der Waals surface area contributed by atoms with Gasteiger partial charge in [0, 0.05) is 0 Å². The smallest absolute Gasteiger partial charge is 0.320 e. The zero-order chi connectivity index (χ0) is 14.9. The Bertz CT molecular complexity index is 620. The number of alkyl halides is 3. The highest BCUT2D eigenvalue weighted by atomic mass is 19.4. The maximum Gasteiger partial charge on any atom is 0.419 e. The van der Waals surface area contributed by atoms with Gasteiger partial charge in [-0.15, -0.1) is 0 Å². The standard InChI is InChI=1S/C15H13F4N/c1-9-3-2-4-10(7-9)14(20)11-5-6-12(13(16)8-11)15(17,18)19/h2-8,14H,20H2,1H3. The fraction of sp³-hybridized carbons (Fsp3) is 0.200. The SMILES string of the molecule is Cc1cccc(C(N)c2ccc(C(F)(F)F)c(F)c2)c1. The first-order valence-corrected chi connectivity index (χ1v) is 5.98. The Balaban J connectivity index is 2.37. The van der Waals surface area contributed by atoms with Gasteiger partial charge < -0.3 is 5.73 Å². The number of nitrogens with two attached hydrogens (primary N) is 1. The number of hydrogen-bond donors (Lipinski definition) is 1. The van der Waals surface area contributed by atoms with Gasteiger partial charge in [0.05, 0.1) is 11.6 Å². The van der Waals surface area contributed by atoms with Crippen LogP contribution in [-0.4, -0.2) is 0 Å². The summed E-state index contributed by atoms with van der Waals surface area (Å²) in [5.74, 6) is -1.31. The second-order valence-corrected chi connectivity index (χ2v) is 4.63. The van der Waals surface area contributed by atoms with Crippen LogP contribution in [0.3, 0.4) is 0 Å². The molecule has 0 aliphatic carbocycles. The molecule has 106 valence electrons. The lowest BCUT2D eigenvalue weighted by atomic mass is 9.97. The van der Waals surface area contributed by atoms with Crippen molar-refractivity contribution in [1.29, 1.82) is 0 Å². The van der Waals surface area contributed by atoms with Crippen LogP contribution in [0.25, 0.3) is 0 Å². The minimum absolute atomic E-state index is 0.307. The highest BCUT2D eigenvalue weighted by Gasteiger charge is 2.34. The molecule has 2 N–H and O–H groups in total. The first kappa shape index (κ1) is 14.5. The average Bonchev–Trinajstić information content (AvgIpc) is 2.36. The van der Waals surface area contributed by atoms with Gasteiger partial charge in [-0.3, -0.25) is 0 Å². The fourth-order valence-electron chi connectivity index (χ4n) is 2.01. The zero-order valence-corrected chi connectivity index (χ0v) is 10.7. The molecular formula is C15H13F4N. The molecule has 0 saturated heterocycles. The van der Waals surface area contributed by atoms with Crippen LogP contribution < -0.4 is 5.73 Å². The first-order chi connectivity index (χ1) is 9.29. The van der Waals surface area contributed by atoms with Crippen LogP contribution in [0.2, 0.25) is 0 Å². The van der Waals surface area contributed by atoms with Gasteiger partial charge in [0.25, 0.3) is 0 Å². The number of benzene rings is 2. The molecule has 0 fully saturated rings. The predicted molar refractivity (Wildman–Crippen MR) is 68.6 cm³/mol. The summed E-state index contributed by atoms with van der Waals surface area (Å²) in [6.07, 6.45) is -4.70. The highest BCUT2D eigenvalue weighted by Crippen LogP contribution is 2.33. The molecule has 2 aromatic carbocycles. The number of halogens is 4. The summed E-state index contributed by atoms with van der Waals surface area (Å²) in [6.45, 7) is 1.88. The van der Waals surface area contributed by atoms with E-state index < -0.39 is 23.6 Å². The molecule has 1 unspecified atom stereocenters. The summed E-state index contributed by atoms with van der Waals surface area (Å²) in [4.78, 5) is 0. The number of aryl methyl sites for hydroxylation is 1. The van der Waals surface area contributed by atoms with Crippen molar-refractivity contribution in [3.63, 3.8) is 0 Å². The Morgan fingerprint density at radius 3 is 2.20 bits per heavy atom. The van der Waals surface area contributed by atoms with E-state index in [0.29, 0.717) is 5.56 Å². The minimum Gasteiger partial charge on any atom is -0.320 e. The average molecular weight is 283 g/mol. The van der Waals surface area contributed by atoms with Gasteiger partial charge in [-0.1, -0.05) is 35.9 Å². The molecule has 0 aromatic heterocycles. The Morgan fingerprint density at radius 2 is 1.65 bits per heavy atom. The topological polar surface area (TPSA) is 26.0 Å². The van der Waals surface area contributed by atoms with Crippen molar-refractivity contribution in [2.75, 3.05) is 0 Å². The Kier molecular flexibility index (Phi) is 3.81. The van der Waals surface area contributed by atoms with E-state index in [9.17, 15) is 17.6 Å². The molecule has 0 saturated carbocycles. The lowest BCUT2D eigenvalue weighted by molar-refractivity contribution is -0.140. The van der Waals surface area contributed by atoms with Crippen molar-refractivity contribution in [2.45, 2.75) is 19.1 Å². The maximum absolute atomic E-state index is 13.5. The van der Waals surface area contributed by atoms with Crippen LogP contribution in [0.15, 0.2) is 42.5 Å². The van der Waals surface area contributed by atoms with Crippen molar-refractivity contribution < 1.29 is 17.6 Å². The van der Waals surface area contributed by atoms with Crippen molar-refractivity contribution in [3.05, 3.63) is 70.5 Å². The summed E-state index contributed by atoms with van der Waals surface area (Å²) in [5, 5.41) is 0. The quantitative estimate of drug-likeness (QED) is 0.821. The van der Waals surface area contributed by atoms with E-state index in [1.165, 1.54) is 6.07 Å². The van der Waals surface area contributed by atoms with E-state index in [2.05, 4.69) is 0 Å². The van der Waals surface area contributed by atoms with E-state index >= 15 is 0 Å². The molecule has 2 aromatic rings. The molecular weight excluding hydrogens is 270 g/mol. The van der Waals surface area contributed by atoms with Gasteiger partial charge >= 0.3 is 6.18 Å². The van der Waals surface area contributed by atoms with Gasteiger partial charge in [0.2, 0.25) is 0 Å². The lowest BCUT2D eigenvalue weighted by Crippen LogP contribution is -2.14. The van der Waals surface area contributed by atoms with Crippen LogP contribution in [0, 0.1) is 12.7 Å². The molecule has 20 heavy (non-hydrogen) atoms. The van der Waals surface area contributed by atoms with E-state index in [0.717, 1.165) is 23.3 Å².